The van der Waals surface area contributed by atoms with Gasteiger partial charge in [0.15, 0.2) is 0 Å². The number of nitrogens with one attached hydrogen (secondary N) is 1. The fourth-order valence-electron chi connectivity index (χ4n) is 1.62. The highest BCUT2D eigenvalue weighted by molar-refractivity contribution is 5.43. The van der Waals surface area contributed by atoms with Crippen molar-refractivity contribution in [3.63, 3.8) is 0 Å². The molecule has 0 radical (unpaired) electrons. The summed E-state index contributed by atoms with van der Waals surface area (Å²) in [6.07, 6.45) is 0.931. The number of hydrogen-bond donors (Lipinski definition) is 1. The van der Waals surface area contributed by atoms with Crippen molar-refractivity contribution in [1.82, 2.24) is 5.32 Å². The third kappa shape index (κ3) is 2.08. The Kier molecular flexibility index (Phi) is 2.84. The normalized spacial score (nSPS) is 19.9. The molecule has 4 heteroatoms. The molecule has 1 aliphatic rings. The monoisotopic (exact) mass is 206 g/mol. The lowest BCUT2D eigenvalue weighted by atomic mass is 10.2. The highest BCUT2D eigenvalue weighted by Gasteiger charge is 2.18. The van der Waals surface area contributed by atoms with Crippen LogP contribution in [0, 0.1) is 17.1 Å². The smallest absolute Gasteiger partial charge is 0.144 e. The zero-order valence-corrected chi connectivity index (χ0v) is 8.16. The summed E-state index contributed by atoms with van der Waals surface area (Å²) in [4.78, 5) is 0. The van der Waals surface area contributed by atoms with Crippen molar-refractivity contribution < 1.29 is 9.13 Å². The average Bonchev–Trinajstić information content (AvgIpc) is 2.71. The molecule has 0 saturated carbocycles. The van der Waals surface area contributed by atoms with Crippen LogP contribution in [0.4, 0.5) is 4.39 Å². The van der Waals surface area contributed by atoms with Gasteiger partial charge >= 0.3 is 0 Å². The van der Waals surface area contributed by atoms with E-state index in [1.165, 1.54) is 6.07 Å². The van der Waals surface area contributed by atoms with Gasteiger partial charge in [0.2, 0.25) is 0 Å². The Bertz CT molecular complexity index is 394. The van der Waals surface area contributed by atoms with Crippen molar-refractivity contribution in [3.8, 4) is 11.8 Å². The SMILES string of the molecule is N#Cc1c(F)cccc1OC1CCNC1. The van der Waals surface area contributed by atoms with Gasteiger partial charge in [-0.05, 0) is 25.1 Å². The maximum atomic E-state index is 13.2. The fraction of sp³-hybridized carbons (Fsp3) is 0.364. The van der Waals surface area contributed by atoms with Crippen LogP contribution >= 0.6 is 0 Å². The van der Waals surface area contributed by atoms with E-state index in [0.29, 0.717) is 5.75 Å². The summed E-state index contributed by atoms with van der Waals surface area (Å²) in [7, 11) is 0. The molecule has 1 fully saturated rings. The standard InChI is InChI=1S/C11H11FN2O/c12-10-2-1-3-11(9(10)6-13)15-8-4-5-14-7-8/h1-3,8,14H,4-5,7H2. The van der Waals surface area contributed by atoms with E-state index in [1.807, 2.05) is 6.07 Å². The minimum atomic E-state index is -0.527. The molecule has 1 aliphatic heterocycles. The molecule has 2 rings (SSSR count). The highest BCUT2D eigenvalue weighted by atomic mass is 19.1. The maximum absolute atomic E-state index is 13.2. The minimum absolute atomic E-state index is 0.00981. The number of ether oxygens (including phenoxy) is 1. The molecule has 1 heterocycles. The Labute approximate surface area is 87.5 Å². The predicted molar refractivity (Wildman–Crippen MR) is 53.0 cm³/mol. The molecular weight excluding hydrogens is 195 g/mol. The minimum Gasteiger partial charge on any atom is -0.488 e. The van der Waals surface area contributed by atoms with Crippen LogP contribution in [-0.2, 0) is 0 Å². The zero-order chi connectivity index (χ0) is 10.7. The van der Waals surface area contributed by atoms with Crippen LogP contribution < -0.4 is 10.1 Å². The van der Waals surface area contributed by atoms with Crippen molar-refractivity contribution in [1.29, 1.82) is 5.26 Å². The van der Waals surface area contributed by atoms with Crippen LogP contribution in [0.15, 0.2) is 18.2 Å². The van der Waals surface area contributed by atoms with Gasteiger partial charge in [-0.25, -0.2) is 4.39 Å². The topological polar surface area (TPSA) is 45.0 Å². The van der Waals surface area contributed by atoms with E-state index in [1.54, 1.807) is 12.1 Å². The lowest BCUT2D eigenvalue weighted by molar-refractivity contribution is 0.221. The second-order valence-electron chi connectivity index (χ2n) is 3.46. The number of benzene rings is 1. The average molecular weight is 206 g/mol. The van der Waals surface area contributed by atoms with Crippen LogP contribution in [-0.4, -0.2) is 19.2 Å². The molecule has 15 heavy (non-hydrogen) atoms. The quantitative estimate of drug-likeness (QED) is 0.796. The van der Waals surface area contributed by atoms with Crippen molar-refractivity contribution in [2.24, 2.45) is 0 Å². The molecule has 1 aromatic rings. The Hall–Kier alpha value is -1.60. The first kappa shape index (κ1) is 9.94. The van der Waals surface area contributed by atoms with Gasteiger partial charge in [0.25, 0.3) is 0 Å². The summed E-state index contributed by atoms with van der Waals surface area (Å²) >= 11 is 0. The van der Waals surface area contributed by atoms with Gasteiger partial charge in [0, 0.05) is 6.54 Å². The number of nitriles is 1. The van der Waals surface area contributed by atoms with Gasteiger partial charge in [-0.3, -0.25) is 0 Å². The van der Waals surface area contributed by atoms with Gasteiger partial charge in [0.1, 0.15) is 29.3 Å². The molecule has 1 atom stereocenters. The molecular formula is C11H11FN2O. The second kappa shape index (κ2) is 4.28. The summed E-state index contributed by atoms with van der Waals surface area (Å²) in [6.45, 7) is 1.66. The Morgan fingerprint density at radius 1 is 1.53 bits per heavy atom. The van der Waals surface area contributed by atoms with E-state index in [9.17, 15) is 4.39 Å². The lowest BCUT2D eigenvalue weighted by Crippen LogP contribution is -2.20. The zero-order valence-electron chi connectivity index (χ0n) is 8.16. The first-order valence-corrected chi connectivity index (χ1v) is 4.87. The van der Waals surface area contributed by atoms with Gasteiger partial charge in [0.05, 0.1) is 0 Å². The van der Waals surface area contributed by atoms with Crippen LogP contribution in [0.25, 0.3) is 0 Å². The van der Waals surface area contributed by atoms with Gasteiger partial charge < -0.3 is 10.1 Å². The number of rotatable bonds is 2. The first-order chi connectivity index (χ1) is 7.31. The first-order valence-electron chi connectivity index (χ1n) is 4.87. The molecule has 0 amide bonds. The molecule has 3 nitrogen and oxygen atoms in total. The number of halogens is 1. The van der Waals surface area contributed by atoms with E-state index in [-0.39, 0.29) is 11.7 Å². The molecule has 1 saturated heterocycles. The molecule has 0 aromatic heterocycles. The Morgan fingerprint density at radius 3 is 3.07 bits per heavy atom. The summed E-state index contributed by atoms with van der Waals surface area (Å²) < 4.78 is 18.8. The summed E-state index contributed by atoms with van der Waals surface area (Å²) in [5, 5.41) is 11.9. The molecule has 1 aromatic carbocycles. The van der Waals surface area contributed by atoms with E-state index >= 15 is 0 Å². The molecule has 1 unspecified atom stereocenters. The van der Waals surface area contributed by atoms with Crippen LogP contribution in [0.1, 0.15) is 12.0 Å². The molecule has 78 valence electrons. The van der Waals surface area contributed by atoms with Crippen molar-refractivity contribution >= 4 is 0 Å². The molecule has 0 spiro atoms. The number of nitrogens with zero attached hydrogens (tertiary/aromatic N) is 1. The molecule has 1 N–H and O–H groups in total. The third-order valence-corrected chi connectivity index (χ3v) is 2.40. The van der Waals surface area contributed by atoms with Crippen LogP contribution in [0.5, 0.6) is 5.75 Å². The summed E-state index contributed by atoms with van der Waals surface area (Å²) in [5.74, 6) is -0.188. The third-order valence-electron chi connectivity index (χ3n) is 2.40. The lowest BCUT2D eigenvalue weighted by Gasteiger charge is -2.13. The fourth-order valence-corrected chi connectivity index (χ4v) is 1.62. The largest absolute Gasteiger partial charge is 0.488 e. The maximum Gasteiger partial charge on any atom is 0.144 e. The number of hydrogen-bond acceptors (Lipinski definition) is 3. The second-order valence-corrected chi connectivity index (χ2v) is 3.46. The van der Waals surface area contributed by atoms with Crippen molar-refractivity contribution in [2.45, 2.75) is 12.5 Å². The summed E-state index contributed by atoms with van der Waals surface area (Å²) in [5.41, 5.74) is -0.00981. The molecule has 0 bridgehead atoms. The van der Waals surface area contributed by atoms with E-state index in [2.05, 4.69) is 5.32 Å². The van der Waals surface area contributed by atoms with Crippen molar-refractivity contribution in [2.75, 3.05) is 13.1 Å². The van der Waals surface area contributed by atoms with E-state index < -0.39 is 5.82 Å². The summed E-state index contributed by atoms with van der Waals surface area (Å²) in [6, 6.07) is 6.25. The molecule has 0 aliphatic carbocycles. The van der Waals surface area contributed by atoms with Crippen LogP contribution in [0.3, 0.4) is 0 Å². The van der Waals surface area contributed by atoms with Gasteiger partial charge in [-0.2, -0.15) is 5.26 Å². The van der Waals surface area contributed by atoms with Crippen molar-refractivity contribution in [3.05, 3.63) is 29.6 Å². The van der Waals surface area contributed by atoms with Crippen LogP contribution in [0.2, 0.25) is 0 Å². The van der Waals surface area contributed by atoms with E-state index in [0.717, 1.165) is 19.5 Å². The highest BCUT2D eigenvalue weighted by Crippen LogP contribution is 2.22. The van der Waals surface area contributed by atoms with Gasteiger partial charge in [-0.15, -0.1) is 0 Å². The predicted octanol–water partition coefficient (Wildman–Crippen LogP) is 1.44. The Balaban J connectivity index is 2.20. The Morgan fingerprint density at radius 2 is 2.40 bits per heavy atom. The van der Waals surface area contributed by atoms with E-state index in [4.69, 9.17) is 10.00 Å². The van der Waals surface area contributed by atoms with Gasteiger partial charge in [-0.1, -0.05) is 6.07 Å².